The zero-order valence-corrected chi connectivity index (χ0v) is 12.5. The van der Waals surface area contributed by atoms with Crippen LogP contribution < -0.4 is 10.6 Å². The number of rotatable bonds is 5. The third-order valence-corrected chi connectivity index (χ3v) is 2.59. The van der Waals surface area contributed by atoms with Gasteiger partial charge in [-0.25, -0.2) is 14.8 Å². The minimum Gasteiger partial charge on any atom is -0.444 e. The Balaban J connectivity index is 2.25. The van der Waals surface area contributed by atoms with E-state index in [4.69, 9.17) is 4.74 Å². The van der Waals surface area contributed by atoms with E-state index in [2.05, 4.69) is 20.6 Å². The minimum atomic E-state index is -0.475. The molecule has 7 heteroatoms. The quantitative estimate of drug-likeness (QED) is 0.490. The van der Waals surface area contributed by atoms with Crippen molar-refractivity contribution in [2.75, 3.05) is 24.7 Å². The van der Waals surface area contributed by atoms with Gasteiger partial charge in [-0.3, -0.25) is 0 Å². The fraction of sp³-hybridized carbons (Fsp3) is 0.583. The third kappa shape index (κ3) is 6.85. The van der Waals surface area contributed by atoms with Crippen molar-refractivity contribution >= 4 is 23.7 Å². The predicted molar refractivity (Wildman–Crippen MR) is 76.5 cm³/mol. The summed E-state index contributed by atoms with van der Waals surface area (Å²) < 4.78 is 5.12. The van der Waals surface area contributed by atoms with Crippen LogP contribution in [0.15, 0.2) is 17.4 Å². The van der Waals surface area contributed by atoms with Crippen molar-refractivity contribution in [3.8, 4) is 0 Å². The van der Waals surface area contributed by atoms with Gasteiger partial charge in [0.1, 0.15) is 22.8 Å². The summed E-state index contributed by atoms with van der Waals surface area (Å²) in [7, 11) is 0. The molecule has 19 heavy (non-hydrogen) atoms. The molecule has 0 fully saturated rings. The van der Waals surface area contributed by atoms with E-state index in [-0.39, 0.29) is 0 Å². The molecule has 1 amide bonds. The highest BCUT2D eigenvalue weighted by Gasteiger charge is 2.15. The maximum absolute atomic E-state index is 11.4. The van der Waals surface area contributed by atoms with Gasteiger partial charge in [0.15, 0.2) is 0 Å². The van der Waals surface area contributed by atoms with E-state index in [0.717, 1.165) is 10.8 Å². The number of thioether (sulfide) groups is 1. The normalized spacial score (nSPS) is 10.9. The van der Waals surface area contributed by atoms with E-state index < -0.39 is 11.7 Å². The molecule has 1 aromatic heterocycles. The highest BCUT2D eigenvalue weighted by molar-refractivity contribution is 7.98. The van der Waals surface area contributed by atoms with Crippen molar-refractivity contribution in [3.05, 3.63) is 12.4 Å². The highest BCUT2D eigenvalue weighted by atomic mass is 32.2. The Hall–Kier alpha value is -1.50. The van der Waals surface area contributed by atoms with Gasteiger partial charge in [-0.15, -0.1) is 11.8 Å². The number of nitrogens with one attached hydrogen (secondary N) is 2. The minimum absolute atomic E-state index is 0.415. The van der Waals surface area contributed by atoms with E-state index in [9.17, 15) is 4.79 Å². The van der Waals surface area contributed by atoms with Crippen LogP contribution in [0.3, 0.4) is 0 Å². The van der Waals surface area contributed by atoms with Crippen LogP contribution in [0.25, 0.3) is 0 Å². The van der Waals surface area contributed by atoms with E-state index in [1.54, 1.807) is 11.8 Å². The average Bonchev–Trinajstić information content (AvgIpc) is 2.33. The molecule has 0 aliphatic rings. The summed E-state index contributed by atoms with van der Waals surface area (Å²) in [5, 5.41) is 6.67. The van der Waals surface area contributed by atoms with Crippen molar-refractivity contribution in [3.63, 3.8) is 0 Å². The zero-order valence-electron chi connectivity index (χ0n) is 11.7. The van der Waals surface area contributed by atoms with Gasteiger partial charge < -0.3 is 15.4 Å². The summed E-state index contributed by atoms with van der Waals surface area (Å²) in [6.07, 6.45) is 3.05. The van der Waals surface area contributed by atoms with E-state index >= 15 is 0 Å². The average molecular weight is 284 g/mol. The van der Waals surface area contributed by atoms with Gasteiger partial charge in [-0.05, 0) is 27.0 Å². The van der Waals surface area contributed by atoms with Gasteiger partial charge in [0.05, 0.1) is 0 Å². The maximum Gasteiger partial charge on any atom is 0.407 e. The second-order valence-electron chi connectivity index (χ2n) is 4.80. The maximum atomic E-state index is 11.4. The molecule has 1 rings (SSSR count). The molecule has 0 spiro atoms. The largest absolute Gasteiger partial charge is 0.444 e. The molecular formula is C12H20N4O2S. The first-order chi connectivity index (χ1) is 8.90. The Bertz CT molecular complexity index is 420. The molecule has 0 saturated heterocycles. The standard InChI is InChI=1S/C12H20N4O2S/c1-12(2,3)18-11(17)14-6-5-13-9-7-10(19-4)16-8-15-9/h7-8H,5-6H2,1-4H3,(H,14,17)(H,13,15,16). The van der Waals surface area contributed by atoms with Crippen molar-refractivity contribution in [2.45, 2.75) is 31.4 Å². The van der Waals surface area contributed by atoms with Gasteiger partial charge in [0.25, 0.3) is 0 Å². The lowest BCUT2D eigenvalue weighted by Crippen LogP contribution is -2.35. The molecule has 0 aromatic carbocycles. The first-order valence-corrected chi connectivity index (χ1v) is 7.20. The number of ether oxygens (including phenoxy) is 1. The number of carbonyl (C=O) groups excluding carboxylic acids is 1. The second-order valence-corrected chi connectivity index (χ2v) is 5.63. The van der Waals surface area contributed by atoms with Crippen LogP contribution in [-0.4, -0.2) is 41.0 Å². The van der Waals surface area contributed by atoms with Crippen molar-refractivity contribution in [2.24, 2.45) is 0 Å². The molecule has 1 heterocycles. The lowest BCUT2D eigenvalue weighted by molar-refractivity contribution is 0.0530. The molecule has 0 bridgehead atoms. The van der Waals surface area contributed by atoms with Gasteiger partial charge in [0, 0.05) is 19.2 Å². The number of anilines is 1. The predicted octanol–water partition coefficient (Wildman–Crippen LogP) is 2.14. The molecule has 0 radical (unpaired) electrons. The van der Waals surface area contributed by atoms with E-state index in [0.29, 0.717) is 13.1 Å². The Morgan fingerprint density at radius 3 is 2.74 bits per heavy atom. The third-order valence-electron chi connectivity index (χ3n) is 1.95. The van der Waals surface area contributed by atoms with Gasteiger partial charge in [0.2, 0.25) is 0 Å². The summed E-state index contributed by atoms with van der Waals surface area (Å²) in [4.78, 5) is 19.5. The molecule has 2 N–H and O–H groups in total. The fourth-order valence-corrected chi connectivity index (χ4v) is 1.60. The number of nitrogens with zero attached hydrogens (tertiary/aromatic N) is 2. The summed E-state index contributed by atoms with van der Waals surface area (Å²) in [6, 6.07) is 1.86. The van der Waals surface area contributed by atoms with Crippen LogP contribution in [0.2, 0.25) is 0 Å². The molecule has 1 aromatic rings. The number of amides is 1. The Morgan fingerprint density at radius 2 is 2.11 bits per heavy atom. The first kappa shape index (κ1) is 15.6. The summed E-state index contributed by atoms with van der Waals surface area (Å²) in [6.45, 7) is 6.53. The Labute approximate surface area is 117 Å². The van der Waals surface area contributed by atoms with Crippen LogP contribution in [0.1, 0.15) is 20.8 Å². The van der Waals surface area contributed by atoms with Crippen LogP contribution in [0, 0.1) is 0 Å². The number of hydrogen-bond donors (Lipinski definition) is 2. The monoisotopic (exact) mass is 284 g/mol. The molecule has 0 unspecified atom stereocenters. The molecule has 0 saturated carbocycles. The van der Waals surface area contributed by atoms with E-state index in [1.807, 2.05) is 33.1 Å². The second kappa shape index (κ2) is 7.18. The molecule has 0 aliphatic heterocycles. The molecule has 0 atom stereocenters. The number of aromatic nitrogens is 2. The zero-order chi connectivity index (χ0) is 14.3. The van der Waals surface area contributed by atoms with Crippen LogP contribution in [-0.2, 0) is 4.74 Å². The number of alkyl carbamates (subject to hydrolysis) is 1. The van der Waals surface area contributed by atoms with Gasteiger partial charge in [-0.1, -0.05) is 0 Å². The SMILES string of the molecule is CSc1cc(NCCNC(=O)OC(C)(C)C)ncn1. The van der Waals surface area contributed by atoms with E-state index in [1.165, 1.54) is 6.33 Å². The first-order valence-electron chi connectivity index (χ1n) is 5.97. The highest BCUT2D eigenvalue weighted by Crippen LogP contribution is 2.13. The van der Waals surface area contributed by atoms with Crippen LogP contribution in [0.4, 0.5) is 10.6 Å². The molecule has 6 nitrogen and oxygen atoms in total. The topological polar surface area (TPSA) is 76.1 Å². The number of hydrogen-bond acceptors (Lipinski definition) is 6. The van der Waals surface area contributed by atoms with Gasteiger partial charge >= 0.3 is 6.09 Å². The smallest absolute Gasteiger partial charge is 0.407 e. The van der Waals surface area contributed by atoms with Gasteiger partial charge in [-0.2, -0.15) is 0 Å². The van der Waals surface area contributed by atoms with Crippen LogP contribution in [0.5, 0.6) is 0 Å². The summed E-state index contributed by atoms with van der Waals surface area (Å²) >= 11 is 1.55. The lowest BCUT2D eigenvalue weighted by Gasteiger charge is -2.19. The number of carbonyl (C=O) groups is 1. The fourth-order valence-electron chi connectivity index (χ4n) is 1.22. The Kier molecular flexibility index (Phi) is 5.88. The van der Waals surface area contributed by atoms with Crippen LogP contribution >= 0.6 is 11.8 Å². The summed E-state index contributed by atoms with van der Waals surface area (Å²) in [5.41, 5.74) is -0.475. The van der Waals surface area contributed by atoms with Crippen molar-refractivity contribution in [1.82, 2.24) is 15.3 Å². The lowest BCUT2D eigenvalue weighted by atomic mass is 10.2. The van der Waals surface area contributed by atoms with Crippen molar-refractivity contribution in [1.29, 1.82) is 0 Å². The summed E-state index contributed by atoms with van der Waals surface area (Å²) in [5.74, 6) is 0.741. The Morgan fingerprint density at radius 1 is 1.37 bits per heavy atom. The molecule has 0 aliphatic carbocycles. The molecule has 106 valence electrons. The van der Waals surface area contributed by atoms with Crippen molar-refractivity contribution < 1.29 is 9.53 Å². The molecular weight excluding hydrogens is 264 g/mol.